The Labute approximate surface area is 213 Å². The summed E-state index contributed by atoms with van der Waals surface area (Å²) in [7, 11) is 0. The lowest BCUT2D eigenvalue weighted by molar-refractivity contribution is -0.138. The number of para-hydroxylation sites is 1. The Bertz CT molecular complexity index is 1250. The molecule has 8 nitrogen and oxygen atoms in total. The van der Waals surface area contributed by atoms with Crippen LogP contribution >= 0.6 is 23.1 Å². The van der Waals surface area contributed by atoms with Gasteiger partial charge in [0.2, 0.25) is 5.95 Å². The molecule has 0 unspecified atom stereocenters. The van der Waals surface area contributed by atoms with Gasteiger partial charge in [0.15, 0.2) is 4.34 Å². The van der Waals surface area contributed by atoms with Gasteiger partial charge in [0.25, 0.3) is 0 Å². The number of hydrogen-bond donors (Lipinski definition) is 1. The lowest BCUT2D eigenvalue weighted by Crippen LogP contribution is -2.27. The number of aryl methyl sites for hydroxylation is 1. The van der Waals surface area contributed by atoms with Gasteiger partial charge in [-0.25, -0.2) is 19.6 Å². The van der Waals surface area contributed by atoms with Crippen molar-refractivity contribution in [1.82, 2.24) is 24.7 Å². The topological polar surface area (TPSA) is 97.0 Å². The first-order valence-electron chi connectivity index (χ1n) is 11.4. The van der Waals surface area contributed by atoms with E-state index in [9.17, 15) is 9.90 Å². The smallest absolute Gasteiger partial charge is 0.319 e. The molecule has 0 amide bonds. The maximum absolute atomic E-state index is 11.4. The van der Waals surface area contributed by atoms with Crippen molar-refractivity contribution < 1.29 is 9.90 Å². The van der Waals surface area contributed by atoms with Gasteiger partial charge in [-0.3, -0.25) is 4.79 Å². The minimum absolute atomic E-state index is 0.607. The number of aliphatic carboxylic acids is 1. The van der Waals surface area contributed by atoms with Gasteiger partial charge in [-0.05, 0) is 38.0 Å². The molecular formula is C25H28N6O2S2. The number of thiazole rings is 1. The van der Waals surface area contributed by atoms with Gasteiger partial charge in [-0.15, -0.1) is 11.3 Å². The molecule has 0 saturated heterocycles. The summed E-state index contributed by atoms with van der Waals surface area (Å²) in [6.45, 7) is 6.73. The number of carbonyl (C=O) groups is 1. The number of carboxylic acids is 1. The van der Waals surface area contributed by atoms with Crippen LogP contribution in [0.15, 0.2) is 64.8 Å². The van der Waals surface area contributed by atoms with Crippen LogP contribution in [0.5, 0.6) is 0 Å². The molecule has 1 N–H and O–H groups in total. The Morgan fingerprint density at radius 2 is 1.89 bits per heavy atom. The molecule has 0 saturated carbocycles. The number of aromatic nitrogens is 5. The highest BCUT2D eigenvalue weighted by Crippen LogP contribution is 2.34. The SMILES string of the molecule is CCc1cnc(N(CCc2csc(SC(C)(C)C(=O)O)n2)Cc2cnn(-c3ccccc3)c2)nc1. The molecule has 0 atom stereocenters. The van der Waals surface area contributed by atoms with E-state index in [1.165, 1.54) is 23.1 Å². The van der Waals surface area contributed by atoms with E-state index in [0.717, 1.165) is 33.3 Å². The third-order valence-corrected chi connectivity index (χ3v) is 7.61. The standard InChI is InChI=1S/C25H28N6O2S2/c1-4-18-12-26-23(27-13-18)30(15-19-14-28-31(16-19)21-8-6-5-7-9-21)11-10-20-17-34-24(29-20)35-25(2,3)22(32)33/h5-9,12-14,16-17H,4,10-11,15H2,1-3H3,(H,32,33). The van der Waals surface area contributed by atoms with Crippen LogP contribution in [0.1, 0.15) is 37.6 Å². The van der Waals surface area contributed by atoms with Crippen molar-refractivity contribution in [2.75, 3.05) is 11.4 Å². The average Bonchev–Trinajstić information content (AvgIpc) is 3.51. The van der Waals surface area contributed by atoms with E-state index >= 15 is 0 Å². The Balaban J connectivity index is 1.49. The zero-order chi connectivity index (χ0) is 24.8. The summed E-state index contributed by atoms with van der Waals surface area (Å²) in [4.78, 5) is 27.4. The van der Waals surface area contributed by atoms with Crippen LogP contribution in [0, 0.1) is 0 Å². The second-order valence-electron chi connectivity index (χ2n) is 8.57. The van der Waals surface area contributed by atoms with Gasteiger partial charge in [-0.1, -0.05) is 36.9 Å². The van der Waals surface area contributed by atoms with Gasteiger partial charge in [-0.2, -0.15) is 5.10 Å². The number of thioether (sulfide) groups is 1. The highest BCUT2D eigenvalue weighted by Gasteiger charge is 2.29. The fourth-order valence-corrected chi connectivity index (χ4v) is 5.52. The molecule has 182 valence electrons. The second-order valence-corrected chi connectivity index (χ2v) is 11.3. The molecule has 0 aliphatic heterocycles. The highest BCUT2D eigenvalue weighted by atomic mass is 32.2. The maximum atomic E-state index is 11.4. The normalized spacial score (nSPS) is 11.5. The summed E-state index contributed by atoms with van der Waals surface area (Å²) in [5.74, 6) is -0.194. The molecule has 35 heavy (non-hydrogen) atoms. The van der Waals surface area contributed by atoms with Crippen molar-refractivity contribution in [2.45, 2.75) is 49.2 Å². The summed E-state index contributed by atoms with van der Waals surface area (Å²) in [6.07, 6.45) is 9.20. The molecule has 0 fully saturated rings. The predicted molar refractivity (Wildman–Crippen MR) is 139 cm³/mol. The number of nitrogens with zero attached hydrogens (tertiary/aromatic N) is 6. The predicted octanol–water partition coefficient (Wildman–Crippen LogP) is 4.89. The minimum atomic E-state index is -0.922. The van der Waals surface area contributed by atoms with Crippen LogP contribution in [0.2, 0.25) is 0 Å². The van der Waals surface area contributed by atoms with Crippen molar-refractivity contribution in [2.24, 2.45) is 0 Å². The molecule has 4 aromatic rings. The van der Waals surface area contributed by atoms with Crippen molar-refractivity contribution in [3.63, 3.8) is 0 Å². The Morgan fingerprint density at radius 1 is 1.14 bits per heavy atom. The maximum Gasteiger partial charge on any atom is 0.319 e. The summed E-state index contributed by atoms with van der Waals surface area (Å²) >= 11 is 2.75. The average molecular weight is 509 g/mol. The van der Waals surface area contributed by atoms with E-state index in [-0.39, 0.29) is 0 Å². The van der Waals surface area contributed by atoms with E-state index in [4.69, 9.17) is 0 Å². The van der Waals surface area contributed by atoms with Gasteiger partial charge < -0.3 is 10.0 Å². The van der Waals surface area contributed by atoms with Crippen LogP contribution in [0.3, 0.4) is 0 Å². The van der Waals surface area contributed by atoms with Crippen molar-refractivity contribution in [1.29, 1.82) is 0 Å². The Kier molecular flexibility index (Phi) is 7.82. The molecule has 0 spiro atoms. The molecule has 0 bridgehead atoms. The van der Waals surface area contributed by atoms with E-state index in [0.29, 0.717) is 25.5 Å². The molecule has 0 aliphatic rings. The van der Waals surface area contributed by atoms with Gasteiger partial charge in [0.05, 0.1) is 17.6 Å². The Hall–Kier alpha value is -3.24. The number of benzene rings is 1. The van der Waals surface area contributed by atoms with Crippen molar-refractivity contribution in [3.05, 3.63) is 77.3 Å². The molecule has 1 aromatic carbocycles. The third-order valence-electron chi connectivity index (χ3n) is 5.44. The monoisotopic (exact) mass is 508 g/mol. The van der Waals surface area contributed by atoms with E-state index < -0.39 is 10.7 Å². The number of rotatable bonds is 11. The molecule has 3 heterocycles. The number of carboxylic acid groups (broad SMARTS) is 1. The van der Waals surface area contributed by atoms with Gasteiger partial charge in [0, 0.05) is 49.0 Å². The van der Waals surface area contributed by atoms with Crippen molar-refractivity contribution >= 4 is 35.0 Å². The van der Waals surface area contributed by atoms with E-state index in [1.54, 1.807) is 13.8 Å². The van der Waals surface area contributed by atoms with Crippen LogP contribution in [0.4, 0.5) is 5.95 Å². The number of anilines is 1. The zero-order valence-electron chi connectivity index (χ0n) is 20.0. The zero-order valence-corrected chi connectivity index (χ0v) is 21.6. The van der Waals surface area contributed by atoms with Gasteiger partial charge >= 0.3 is 5.97 Å². The molecular weight excluding hydrogens is 480 g/mol. The van der Waals surface area contributed by atoms with Crippen molar-refractivity contribution in [3.8, 4) is 5.69 Å². The first-order chi connectivity index (χ1) is 16.8. The fraction of sp³-hybridized carbons (Fsp3) is 0.320. The van der Waals surface area contributed by atoms with Gasteiger partial charge in [0.1, 0.15) is 4.75 Å². The third kappa shape index (κ3) is 6.46. The second kappa shape index (κ2) is 11.0. The highest BCUT2D eigenvalue weighted by molar-refractivity contribution is 8.03. The van der Waals surface area contributed by atoms with E-state index in [1.807, 2.05) is 65.2 Å². The van der Waals surface area contributed by atoms with Crippen LogP contribution in [-0.2, 0) is 24.2 Å². The summed E-state index contributed by atoms with van der Waals surface area (Å²) in [6, 6.07) is 10.0. The van der Waals surface area contributed by atoms with Crippen LogP contribution in [-0.4, -0.2) is 47.1 Å². The summed E-state index contributed by atoms with van der Waals surface area (Å²) in [5, 5.41) is 15.9. The van der Waals surface area contributed by atoms with Crippen LogP contribution in [0.25, 0.3) is 5.69 Å². The lowest BCUT2D eigenvalue weighted by Gasteiger charge is -2.21. The molecule has 0 radical (unpaired) electrons. The first-order valence-corrected chi connectivity index (χ1v) is 13.1. The first kappa shape index (κ1) is 24.9. The minimum Gasteiger partial charge on any atom is -0.480 e. The summed E-state index contributed by atoms with van der Waals surface area (Å²) < 4.78 is 1.70. The largest absolute Gasteiger partial charge is 0.480 e. The lowest BCUT2D eigenvalue weighted by atomic mass is 10.2. The molecule has 10 heteroatoms. The quantitative estimate of drug-likeness (QED) is 0.286. The van der Waals surface area contributed by atoms with Crippen LogP contribution < -0.4 is 4.90 Å². The Morgan fingerprint density at radius 3 is 2.57 bits per heavy atom. The summed E-state index contributed by atoms with van der Waals surface area (Å²) in [5.41, 5.74) is 4.07. The van der Waals surface area contributed by atoms with E-state index in [2.05, 4.69) is 31.9 Å². The number of hydrogen-bond acceptors (Lipinski definition) is 8. The molecule has 0 aliphatic carbocycles. The molecule has 4 rings (SSSR count). The molecule has 3 aromatic heterocycles. The fourth-order valence-electron chi connectivity index (χ4n) is 3.29.